The molecule has 86 valence electrons. The number of methoxy groups -OCH3 is 1. The molecule has 1 fully saturated rings. The average Bonchev–Trinajstić information content (AvgIpc) is 2.75. The van der Waals surface area contributed by atoms with Crippen LogP contribution in [0.2, 0.25) is 0 Å². The van der Waals surface area contributed by atoms with Gasteiger partial charge in [-0.05, 0) is 24.6 Å². The van der Waals surface area contributed by atoms with E-state index in [-0.39, 0.29) is 12.0 Å². The van der Waals surface area contributed by atoms with E-state index in [9.17, 15) is 9.90 Å². The molecular formula is C12H15NO3. The number of carbonyl (C=O) groups excluding carboxylic acids is 1. The standard InChI is InChI=1S/C12H15NO3/c1-16-11-4-2-3-9(7-11)12(15)13-6-5-10(14)8-13/h2-4,7,10,14H,5-6,8H2,1H3. The van der Waals surface area contributed by atoms with Gasteiger partial charge in [0.25, 0.3) is 5.91 Å². The molecule has 0 saturated carbocycles. The fourth-order valence-electron chi connectivity index (χ4n) is 1.86. The zero-order chi connectivity index (χ0) is 11.5. The number of β-amino-alcohol motifs (C(OH)–C–C–N with tert-alkyl or cyclic N) is 1. The maximum Gasteiger partial charge on any atom is 0.254 e. The highest BCUT2D eigenvalue weighted by atomic mass is 16.5. The van der Waals surface area contributed by atoms with Crippen molar-refractivity contribution in [2.75, 3.05) is 20.2 Å². The molecule has 0 radical (unpaired) electrons. The van der Waals surface area contributed by atoms with Crippen LogP contribution in [0.25, 0.3) is 0 Å². The second kappa shape index (κ2) is 4.53. The monoisotopic (exact) mass is 221 g/mol. The number of aliphatic hydroxyl groups is 1. The third-order valence-corrected chi connectivity index (χ3v) is 2.77. The Morgan fingerprint density at radius 1 is 1.56 bits per heavy atom. The number of aliphatic hydroxyl groups excluding tert-OH is 1. The Bertz CT molecular complexity index is 392. The lowest BCUT2D eigenvalue weighted by atomic mass is 10.2. The van der Waals surface area contributed by atoms with Crippen molar-refractivity contribution in [2.24, 2.45) is 0 Å². The molecule has 0 bridgehead atoms. The van der Waals surface area contributed by atoms with Crippen molar-refractivity contribution in [3.8, 4) is 5.75 Å². The van der Waals surface area contributed by atoms with E-state index in [1.165, 1.54) is 0 Å². The molecule has 1 aliphatic rings. The van der Waals surface area contributed by atoms with Gasteiger partial charge in [-0.2, -0.15) is 0 Å². The molecule has 1 aromatic rings. The highest BCUT2D eigenvalue weighted by Gasteiger charge is 2.25. The first-order valence-electron chi connectivity index (χ1n) is 5.32. The summed E-state index contributed by atoms with van der Waals surface area (Å²) in [7, 11) is 1.57. The third-order valence-electron chi connectivity index (χ3n) is 2.77. The van der Waals surface area contributed by atoms with E-state index in [0.717, 1.165) is 0 Å². The third kappa shape index (κ3) is 2.17. The minimum absolute atomic E-state index is 0.0459. The zero-order valence-electron chi connectivity index (χ0n) is 9.22. The summed E-state index contributed by atoms with van der Waals surface area (Å²) >= 11 is 0. The summed E-state index contributed by atoms with van der Waals surface area (Å²) in [5, 5.41) is 9.38. The molecule has 0 aliphatic carbocycles. The van der Waals surface area contributed by atoms with Crippen molar-refractivity contribution < 1.29 is 14.6 Å². The topological polar surface area (TPSA) is 49.8 Å². The number of amides is 1. The van der Waals surface area contributed by atoms with E-state index in [1.54, 1.807) is 36.3 Å². The maximum atomic E-state index is 12.0. The van der Waals surface area contributed by atoms with E-state index in [2.05, 4.69) is 0 Å². The summed E-state index contributed by atoms with van der Waals surface area (Å²) in [5.41, 5.74) is 0.605. The van der Waals surface area contributed by atoms with Crippen molar-refractivity contribution in [1.82, 2.24) is 4.90 Å². The molecule has 1 N–H and O–H groups in total. The lowest BCUT2D eigenvalue weighted by Gasteiger charge is -2.15. The van der Waals surface area contributed by atoms with Gasteiger partial charge in [-0.3, -0.25) is 4.79 Å². The molecule has 1 amide bonds. The van der Waals surface area contributed by atoms with Crippen LogP contribution in [0, 0.1) is 0 Å². The van der Waals surface area contributed by atoms with E-state index < -0.39 is 0 Å². The quantitative estimate of drug-likeness (QED) is 0.807. The van der Waals surface area contributed by atoms with Crippen molar-refractivity contribution in [3.63, 3.8) is 0 Å². The van der Waals surface area contributed by atoms with Gasteiger partial charge in [0.1, 0.15) is 5.75 Å². The molecule has 1 aliphatic heterocycles. The highest BCUT2D eigenvalue weighted by molar-refractivity contribution is 5.94. The highest BCUT2D eigenvalue weighted by Crippen LogP contribution is 2.17. The van der Waals surface area contributed by atoms with Crippen LogP contribution < -0.4 is 4.74 Å². The SMILES string of the molecule is COc1cccc(C(=O)N2CCC(O)C2)c1. The van der Waals surface area contributed by atoms with E-state index >= 15 is 0 Å². The number of hydrogen-bond donors (Lipinski definition) is 1. The molecule has 0 spiro atoms. The second-order valence-electron chi connectivity index (χ2n) is 3.93. The molecule has 1 heterocycles. The van der Waals surface area contributed by atoms with Gasteiger partial charge in [0.15, 0.2) is 0 Å². The smallest absolute Gasteiger partial charge is 0.254 e. The van der Waals surface area contributed by atoms with Crippen molar-refractivity contribution in [1.29, 1.82) is 0 Å². The summed E-state index contributed by atoms with van der Waals surface area (Å²) in [4.78, 5) is 13.7. The number of rotatable bonds is 2. The molecule has 4 nitrogen and oxygen atoms in total. The van der Waals surface area contributed by atoms with E-state index in [0.29, 0.717) is 30.8 Å². The predicted octanol–water partition coefficient (Wildman–Crippen LogP) is 0.902. The van der Waals surface area contributed by atoms with Gasteiger partial charge in [-0.1, -0.05) is 6.07 Å². The molecule has 4 heteroatoms. The van der Waals surface area contributed by atoms with Crippen molar-refractivity contribution >= 4 is 5.91 Å². The van der Waals surface area contributed by atoms with Crippen LogP contribution in [0.15, 0.2) is 24.3 Å². The van der Waals surface area contributed by atoms with Gasteiger partial charge >= 0.3 is 0 Å². The van der Waals surface area contributed by atoms with Crippen molar-refractivity contribution in [2.45, 2.75) is 12.5 Å². The van der Waals surface area contributed by atoms with Crippen LogP contribution in [-0.2, 0) is 0 Å². The summed E-state index contributed by atoms with van der Waals surface area (Å²) in [5.74, 6) is 0.626. The van der Waals surface area contributed by atoms with Gasteiger partial charge in [-0.25, -0.2) is 0 Å². The lowest BCUT2D eigenvalue weighted by molar-refractivity contribution is 0.0764. The van der Waals surface area contributed by atoms with E-state index in [1.807, 2.05) is 0 Å². The fourth-order valence-corrected chi connectivity index (χ4v) is 1.86. The Balaban J connectivity index is 2.14. The summed E-state index contributed by atoms with van der Waals surface area (Å²) in [6.45, 7) is 1.05. The number of nitrogens with zero attached hydrogens (tertiary/aromatic N) is 1. The fraction of sp³-hybridized carbons (Fsp3) is 0.417. The van der Waals surface area contributed by atoms with Gasteiger partial charge in [-0.15, -0.1) is 0 Å². The van der Waals surface area contributed by atoms with Gasteiger partial charge < -0.3 is 14.7 Å². The van der Waals surface area contributed by atoms with Gasteiger partial charge in [0, 0.05) is 18.7 Å². The van der Waals surface area contributed by atoms with Crippen LogP contribution in [0.5, 0.6) is 5.75 Å². The largest absolute Gasteiger partial charge is 0.497 e. The Morgan fingerprint density at radius 2 is 2.38 bits per heavy atom. The summed E-state index contributed by atoms with van der Waals surface area (Å²) in [6.07, 6.45) is 0.282. The minimum atomic E-state index is -0.380. The predicted molar refractivity (Wildman–Crippen MR) is 59.5 cm³/mol. The number of ether oxygens (including phenoxy) is 1. The number of carbonyl (C=O) groups is 1. The summed E-state index contributed by atoms with van der Waals surface area (Å²) in [6, 6.07) is 7.07. The normalized spacial score (nSPS) is 19.9. The maximum absolute atomic E-state index is 12.0. The molecule has 2 rings (SSSR count). The zero-order valence-corrected chi connectivity index (χ0v) is 9.22. The number of hydrogen-bond acceptors (Lipinski definition) is 3. The van der Waals surface area contributed by atoms with Crippen LogP contribution in [0.1, 0.15) is 16.8 Å². The van der Waals surface area contributed by atoms with Gasteiger partial charge in [0.05, 0.1) is 13.2 Å². The Labute approximate surface area is 94.4 Å². The Morgan fingerprint density at radius 3 is 3.00 bits per heavy atom. The first-order valence-corrected chi connectivity index (χ1v) is 5.32. The second-order valence-corrected chi connectivity index (χ2v) is 3.93. The first-order chi connectivity index (χ1) is 7.70. The van der Waals surface area contributed by atoms with Crippen molar-refractivity contribution in [3.05, 3.63) is 29.8 Å². The molecule has 1 aromatic carbocycles. The first kappa shape index (κ1) is 11.0. The number of likely N-dealkylation sites (tertiary alicyclic amines) is 1. The van der Waals surface area contributed by atoms with Gasteiger partial charge in [0.2, 0.25) is 0 Å². The summed E-state index contributed by atoms with van der Waals surface area (Å²) < 4.78 is 5.07. The molecule has 16 heavy (non-hydrogen) atoms. The Kier molecular flexibility index (Phi) is 3.10. The molecule has 1 saturated heterocycles. The van der Waals surface area contributed by atoms with Crippen LogP contribution in [-0.4, -0.2) is 42.2 Å². The Hall–Kier alpha value is -1.55. The molecule has 1 atom stereocenters. The molecule has 1 unspecified atom stereocenters. The molecule has 0 aromatic heterocycles. The van der Waals surface area contributed by atoms with Crippen LogP contribution in [0.4, 0.5) is 0 Å². The molecular weight excluding hydrogens is 206 g/mol. The average molecular weight is 221 g/mol. The van der Waals surface area contributed by atoms with E-state index in [4.69, 9.17) is 4.74 Å². The lowest BCUT2D eigenvalue weighted by Crippen LogP contribution is -2.29. The number of benzene rings is 1. The van der Waals surface area contributed by atoms with Crippen LogP contribution in [0.3, 0.4) is 0 Å². The van der Waals surface area contributed by atoms with Crippen LogP contribution >= 0.6 is 0 Å². The minimum Gasteiger partial charge on any atom is -0.497 e.